The molecule has 7 nitrogen and oxygen atoms in total. The second-order valence-electron chi connectivity index (χ2n) is 8.76. The van der Waals surface area contributed by atoms with Crippen LogP contribution in [-0.2, 0) is 16.1 Å². The first-order valence-electron chi connectivity index (χ1n) is 11.8. The molecule has 0 radical (unpaired) electrons. The van der Waals surface area contributed by atoms with Crippen molar-refractivity contribution in [3.63, 3.8) is 0 Å². The Hall–Kier alpha value is -3.48. The third-order valence-electron chi connectivity index (χ3n) is 5.80. The lowest BCUT2D eigenvalue weighted by atomic mass is 9.96. The molecule has 2 N–H and O–H groups in total. The average Bonchev–Trinajstić information content (AvgIpc) is 2.83. The largest absolute Gasteiger partial charge is 0.496 e. The lowest BCUT2D eigenvalue weighted by molar-refractivity contribution is -0.123. The number of methoxy groups -OCH3 is 2. The Bertz CT molecular complexity index is 1030. The molecule has 0 saturated heterocycles. The summed E-state index contributed by atoms with van der Waals surface area (Å²) in [6, 6.07) is 8.64. The van der Waals surface area contributed by atoms with Crippen LogP contribution in [0.4, 0.5) is 4.79 Å². The minimum atomic E-state index is -0.720. The number of rotatable bonds is 11. The molecule has 0 aliphatic carbocycles. The normalized spacial score (nSPS) is 11.9. The van der Waals surface area contributed by atoms with Gasteiger partial charge in [0.15, 0.2) is 0 Å². The van der Waals surface area contributed by atoms with E-state index in [4.69, 9.17) is 14.2 Å². The van der Waals surface area contributed by atoms with Crippen LogP contribution in [-0.4, -0.2) is 38.3 Å². The molecule has 0 saturated carbocycles. The van der Waals surface area contributed by atoms with E-state index < -0.39 is 12.1 Å². The van der Waals surface area contributed by atoms with Crippen LogP contribution in [0.3, 0.4) is 0 Å². The maximum absolute atomic E-state index is 12.7. The third-order valence-corrected chi connectivity index (χ3v) is 5.80. The number of allylic oxidation sites excluding steroid dienone is 1. The van der Waals surface area contributed by atoms with Gasteiger partial charge in [-0.1, -0.05) is 42.5 Å². The van der Waals surface area contributed by atoms with Crippen molar-refractivity contribution in [3.8, 4) is 11.5 Å². The quantitative estimate of drug-likeness (QED) is 0.457. The van der Waals surface area contributed by atoms with E-state index in [1.165, 1.54) is 0 Å². The molecule has 0 bridgehead atoms. The summed E-state index contributed by atoms with van der Waals surface area (Å²) < 4.78 is 16.6. The van der Waals surface area contributed by atoms with Crippen LogP contribution in [0.1, 0.15) is 54.5 Å². The standard InChI is InChI=1S/C28H38N2O5/c1-18(2)29-27(31)24(30-28(32)35-17-22-13-9-8-10-14-22)16-12-11-15-23-21(5)25(33-6)19(3)20(4)26(23)34-7/h8-11,13-15,18,24H,12,16-17H2,1-7H3,(H,29,31)(H,30,32)/b15-11-/t24-/m0/s1. The summed E-state index contributed by atoms with van der Waals surface area (Å²) in [4.78, 5) is 25.1. The molecule has 35 heavy (non-hydrogen) atoms. The maximum Gasteiger partial charge on any atom is 0.408 e. The molecule has 0 spiro atoms. The zero-order valence-corrected chi connectivity index (χ0v) is 21.9. The first-order chi connectivity index (χ1) is 16.7. The number of alkyl carbamates (subject to hydrolysis) is 1. The molecular formula is C28H38N2O5. The van der Waals surface area contributed by atoms with Crippen LogP contribution in [0.5, 0.6) is 11.5 Å². The first kappa shape index (κ1) is 27.8. The molecule has 190 valence electrons. The van der Waals surface area contributed by atoms with E-state index in [0.29, 0.717) is 12.8 Å². The Morgan fingerprint density at radius 2 is 1.54 bits per heavy atom. The van der Waals surface area contributed by atoms with Gasteiger partial charge in [0.1, 0.15) is 24.1 Å². The monoisotopic (exact) mass is 482 g/mol. The van der Waals surface area contributed by atoms with Crippen molar-refractivity contribution >= 4 is 18.1 Å². The van der Waals surface area contributed by atoms with Crippen molar-refractivity contribution in [1.29, 1.82) is 0 Å². The molecule has 7 heteroatoms. The second-order valence-corrected chi connectivity index (χ2v) is 8.76. The number of nitrogens with one attached hydrogen (secondary N) is 2. The van der Waals surface area contributed by atoms with Crippen molar-refractivity contribution in [2.45, 2.75) is 66.2 Å². The molecule has 2 aromatic rings. The average molecular weight is 483 g/mol. The van der Waals surface area contributed by atoms with Crippen molar-refractivity contribution in [1.82, 2.24) is 10.6 Å². The van der Waals surface area contributed by atoms with Gasteiger partial charge in [-0.15, -0.1) is 0 Å². The number of benzene rings is 2. The van der Waals surface area contributed by atoms with Crippen molar-refractivity contribution in [3.05, 3.63) is 64.2 Å². The summed E-state index contributed by atoms with van der Waals surface area (Å²) in [6.07, 6.45) is 4.31. The summed E-state index contributed by atoms with van der Waals surface area (Å²) in [5, 5.41) is 5.57. The Balaban J connectivity index is 2.10. The van der Waals surface area contributed by atoms with Crippen LogP contribution < -0.4 is 20.1 Å². The van der Waals surface area contributed by atoms with Crippen molar-refractivity contribution in [2.24, 2.45) is 0 Å². The van der Waals surface area contributed by atoms with Crippen LogP contribution >= 0.6 is 0 Å². The van der Waals surface area contributed by atoms with Gasteiger partial charge in [0.05, 0.1) is 14.2 Å². The number of hydrogen-bond donors (Lipinski definition) is 2. The molecule has 0 unspecified atom stereocenters. The van der Waals surface area contributed by atoms with Gasteiger partial charge in [-0.3, -0.25) is 4.79 Å². The molecule has 2 amide bonds. The number of ether oxygens (including phenoxy) is 3. The van der Waals surface area contributed by atoms with Gasteiger partial charge in [-0.05, 0) is 64.2 Å². The van der Waals surface area contributed by atoms with E-state index in [9.17, 15) is 9.59 Å². The molecule has 0 aliphatic rings. The summed E-state index contributed by atoms with van der Waals surface area (Å²) in [5.41, 5.74) is 4.86. The second kappa shape index (κ2) is 13.4. The van der Waals surface area contributed by atoms with Gasteiger partial charge >= 0.3 is 6.09 Å². The Morgan fingerprint density at radius 3 is 2.14 bits per heavy atom. The van der Waals surface area contributed by atoms with E-state index in [2.05, 4.69) is 10.6 Å². The summed E-state index contributed by atoms with van der Waals surface area (Å²) in [6.45, 7) is 9.91. The number of amides is 2. The smallest absolute Gasteiger partial charge is 0.408 e. The zero-order chi connectivity index (χ0) is 26.0. The minimum absolute atomic E-state index is 0.0439. The van der Waals surface area contributed by atoms with Gasteiger partial charge < -0.3 is 24.8 Å². The molecule has 2 rings (SSSR count). The molecule has 0 aromatic heterocycles. The van der Waals surface area contributed by atoms with Crippen molar-refractivity contribution < 1.29 is 23.8 Å². The van der Waals surface area contributed by atoms with Crippen LogP contribution in [0.15, 0.2) is 36.4 Å². The van der Waals surface area contributed by atoms with E-state index in [1.54, 1.807) is 14.2 Å². The number of carbonyl (C=O) groups is 2. The highest BCUT2D eigenvalue weighted by atomic mass is 16.5. The van der Waals surface area contributed by atoms with Crippen molar-refractivity contribution in [2.75, 3.05) is 14.2 Å². The SMILES string of the molecule is COc1c(C)c(C)c(OC)c(/C=C\CC[C@H](NC(=O)OCc2ccccc2)C(=O)NC(C)C)c1C. The van der Waals surface area contributed by atoms with Crippen LogP contribution in [0.2, 0.25) is 0 Å². The molecule has 2 aromatic carbocycles. The lowest BCUT2D eigenvalue weighted by Gasteiger charge is -2.20. The molecule has 1 atom stereocenters. The van der Waals surface area contributed by atoms with Gasteiger partial charge in [-0.2, -0.15) is 0 Å². The highest BCUT2D eigenvalue weighted by Crippen LogP contribution is 2.38. The van der Waals surface area contributed by atoms with Gasteiger partial charge in [-0.25, -0.2) is 4.79 Å². The lowest BCUT2D eigenvalue weighted by Crippen LogP contribution is -2.48. The number of carbonyl (C=O) groups excluding carboxylic acids is 2. The molecule has 0 heterocycles. The van der Waals surface area contributed by atoms with E-state index >= 15 is 0 Å². The van der Waals surface area contributed by atoms with E-state index in [1.807, 2.05) is 77.1 Å². The summed E-state index contributed by atoms with van der Waals surface area (Å²) in [5.74, 6) is 1.39. The number of hydrogen-bond acceptors (Lipinski definition) is 5. The molecule has 0 aliphatic heterocycles. The van der Waals surface area contributed by atoms with E-state index in [0.717, 1.165) is 39.3 Å². The van der Waals surface area contributed by atoms with Gasteiger partial charge in [0.25, 0.3) is 0 Å². The van der Waals surface area contributed by atoms with Gasteiger partial charge in [0.2, 0.25) is 5.91 Å². The van der Waals surface area contributed by atoms with Crippen LogP contribution in [0, 0.1) is 20.8 Å². The summed E-state index contributed by atoms with van der Waals surface area (Å²) in [7, 11) is 3.32. The summed E-state index contributed by atoms with van der Waals surface area (Å²) >= 11 is 0. The predicted molar refractivity (Wildman–Crippen MR) is 139 cm³/mol. The third kappa shape index (κ3) is 7.77. The predicted octanol–water partition coefficient (Wildman–Crippen LogP) is 5.24. The Kier molecular flexibility index (Phi) is 10.6. The fraction of sp³-hybridized carbons (Fsp3) is 0.429. The zero-order valence-electron chi connectivity index (χ0n) is 21.9. The fourth-order valence-electron chi connectivity index (χ4n) is 3.91. The van der Waals surface area contributed by atoms with Crippen LogP contribution in [0.25, 0.3) is 6.08 Å². The van der Waals surface area contributed by atoms with E-state index in [-0.39, 0.29) is 18.6 Å². The first-order valence-corrected chi connectivity index (χ1v) is 11.8. The minimum Gasteiger partial charge on any atom is -0.496 e. The maximum atomic E-state index is 12.7. The fourth-order valence-corrected chi connectivity index (χ4v) is 3.91. The highest BCUT2D eigenvalue weighted by molar-refractivity contribution is 5.85. The topological polar surface area (TPSA) is 85.9 Å². The molecule has 0 fully saturated rings. The highest BCUT2D eigenvalue weighted by Gasteiger charge is 2.22. The van der Waals surface area contributed by atoms with Gasteiger partial charge in [0, 0.05) is 17.2 Å². The Morgan fingerprint density at radius 1 is 0.914 bits per heavy atom. The molecular weight excluding hydrogens is 444 g/mol. The Labute approximate surface area is 208 Å².